The number of thiophene rings is 1. The Bertz CT molecular complexity index is 3390. The van der Waals surface area contributed by atoms with Crippen LogP contribution in [0.25, 0.3) is 80.7 Å². The molecule has 0 radical (unpaired) electrons. The maximum absolute atomic E-state index is 6.52. The Hall–Kier alpha value is -7.28. The SMILES string of the molecule is c1ccc(C2=NC(c3cccc4oc5ccc(-c6ccc7sc8c(-n9c%10ccccc%10c%10ccccc%109)cccc8c7c6)cc5c34)NC(c3ccccc3)=N2)cc1. The molecule has 0 fully saturated rings. The number of benzene rings is 8. The fourth-order valence-electron chi connectivity index (χ4n) is 8.65. The second kappa shape index (κ2) is 12.6. The molecule has 0 aliphatic carbocycles. The number of aromatic nitrogens is 1. The van der Waals surface area contributed by atoms with Crippen LogP contribution in [0.15, 0.2) is 196 Å². The maximum atomic E-state index is 6.52. The number of rotatable bonds is 5. The van der Waals surface area contributed by atoms with E-state index in [1.54, 1.807) is 0 Å². The topological polar surface area (TPSA) is 54.8 Å². The quantitative estimate of drug-likeness (QED) is 0.191. The van der Waals surface area contributed by atoms with Crippen LogP contribution in [0.3, 0.4) is 0 Å². The molecule has 57 heavy (non-hydrogen) atoms. The molecule has 268 valence electrons. The van der Waals surface area contributed by atoms with Crippen LogP contribution in [-0.2, 0) is 0 Å². The first kappa shape index (κ1) is 32.0. The number of para-hydroxylation sites is 2. The summed E-state index contributed by atoms with van der Waals surface area (Å²) in [6.45, 7) is 0. The van der Waals surface area contributed by atoms with Gasteiger partial charge in [-0.15, -0.1) is 11.3 Å². The van der Waals surface area contributed by atoms with Gasteiger partial charge in [0.05, 0.1) is 21.4 Å². The Morgan fingerprint density at radius 2 is 1.16 bits per heavy atom. The zero-order valence-electron chi connectivity index (χ0n) is 30.6. The van der Waals surface area contributed by atoms with Gasteiger partial charge in [0.2, 0.25) is 0 Å². The van der Waals surface area contributed by atoms with Crippen LogP contribution in [-0.4, -0.2) is 16.2 Å². The lowest BCUT2D eigenvalue weighted by molar-refractivity contribution is 0.662. The van der Waals surface area contributed by atoms with Crippen molar-refractivity contribution in [3.05, 3.63) is 199 Å². The predicted octanol–water partition coefficient (Wildman–Crippen LogP) is 13.2. The number of hydrogen-bond acceptors (Lipinski definition) is 5. The van der Waals surface area contributed by atoms with E-state index in [4.69, 9.17) is 14.4 Å². The smallest absolute Gasteiger partial charge is 0.159 e. The molecule has 1 N–H and O–H groups in total. The lowest BCUT2D eigenvalue weighted by Crippen LogP contribution is -2.33. The normalized spacial score (nSPS) is 14.5. The van der Waals surface area contributed by atoms with Crippen LogP contribution >= 0.6 is 11.3 Å². The molecule has 1 atom stereocenters. The molecule has 6 heteroatoms. The number of amidine groups is 2. The lowest BCUT2D eigenvalue weighted by atomic mass is 9.98. The van der Waals surface area contributed by atoms with E-state index in [9.17, 15) is 0 Å². The lowest BCUT2D eigenvalue weighted by Gasteiger charge is -2.24. The number of nitrogens with one attached hydrogen (secondary N) is 1. The zero-order valence-corrected chi connectivity index (χ0v) is 31.4. The van der Waals surface area contributed by atoms with Crippen LogP contribution in [0.2, 0.25) is 0 Å². The van der Waals surface area contributed by atoms with Crippen molar-refractivity contribution in [3.63, 3.8) is 0 Å². The molecule has 1 unspecified atom stereocenters. The highest BCUT2D eigenvalue weighted by Crippen LogP contribution is 2.43. The second-order valence-corrected chi connectivity index (χ2v) is 15.6. The van der Waals surface area contributed by atoms with Crippen LogP contribution in [0.5, 0.6) is 0 Å². The van der Waals surface area contributed by atoms with Gasteiger partial charge in [-0.3, -0.25) is 0 Å². The average molecular weight is 749 g/mol. The van der Waals surface area contributed by atoms with Gasteiger partial charge in [0.15, 0.2) is 5.84 Å². The Morgan fingerprint density at radius 1 is 0.509 bits per heavy atom. The first-order chi connectivity index (χ1) is 28.2. The van der Waals surface area contributed by atoms with Crippen molar-refractivity contribution in [2.24, 2.45) is 9.98 Å². The van der Waals surface area contributed by atoms with Gasteiger partial charge in [-0.2, -0.15) is 0 Å². The number of nitrogens with zero attached hydrogens (tertiary/aromatic N) is 3. The Kier molecular flexibility index (Phi) is 7.09. The summed E-state index contributed by atoms with van der Waals surface area (Å²) in [5.41, 5.74) is 10.7. The van der Waals surface area contributed by atoms with E-state index in [1.807, 2.05) is 53.8 Å². The van der Waals surface area contributed by atoms with Crippen molar-refractivity contribution < 1.29 is 4.42 Å². The standard InChI is InChI=1S/C51H32N4OS/c1-3-13-31(14-4-1)49-52-50(32-15-5-2-6-16-32)54-51(53-49)38-20-12-24-45-47(38)40-30-33(25-27-44(40)56-45)34-26-28-46-39(29-34)37-19-11-23-43(48(37)57-46)55-41-21-9-7-17-35(41)36-18-8-10-22-42(36)55/h1-30,51H,(H,52,53,54). The summed E-state index contributed by atoms with van der Waals surface area (Å²) in [4.78, 5) is 10.2. The highest BCUT2D eigenvalue weighted by Gasteiger charge is 2.25. The van der Waals surface area contributed by atoms with Gasteiger partial charge in [0.25, 0.3) is 0 Å². The van der Waals surface area contributed by atoms with Gasteiger partial charge < -0.3 is 14.3 Å². The highest BCUT2D eigenvalue weighted by molar-refractivity contribution is 7.26. The van der Waals surface area contributed by atoms with Crippen molar-refractivity contribution >= 4 is 86.9 Å². The molecule has 11 aromatic rings. The van der Waals surface area contributed by atoms with Gasteiger partial charge in [0, 0.05) is 53.7 Å². The minimum Gasteiger partial charge on any atom is -0.456 e. The number of aliphatic imine (C=N–C) groups is 2. The highest BCUT2D eigenvalue weighted by atomic mass is 32.1. The van der Waals surface area contributed by atoms with Gasteiger partial charge in [-0.25, -0.2) is 9.98 Å². The molecule has 0 saturated carbocycles. The molecular weight excluding hydrogens is 717 g/mol. The molecule has 12 rings (SSSR count). The van der Waals surface area contributed by atoms with E-state index >= 15 is 0 Å². The fourth-order valence-corrected chi connectivity index (χ4v) is 9.84. The van der Waals surface area contributed by atoms with Gasteiger partial charge in [-0.05, 0) is 59.7 Å². The minimum atomic E-state index is -0.377. The van der Waals surface area contributed by atoms with E-state index in [-0.39, 0.29) is 6.17 Å². The minimum absolute atomic E-state index is 0.377. The Labute approximate surface area is 331 Å². The summed E-state index contributed by atoms with van der Waals surface area (Å²) in [7, 11) is 0. The first-order valence-electron chi connectivity index (χ1n) is 19.2. The molecule has 8 aromatic carbocycles. The Balaban J connectivity index is 0.992. The molecule has 0 saturated heterocycles. The largest absolute Gasteiger partial charge is 0.456 e. The molecule has 5 nitrogen and oxygen atoms in total. The van der Waals surface area contributed by atoms with Gasteiger partial charge in [0.1, 0.15) is 23.2 Å². The summed E-state index contributed by atoms with van der Waals surface area (Å²) < 4.78 is 11.5. The summed E-state index contributed by atoms with van der Waals surface area (Å²) >= 11 is 1.86. The van der Waals surface area contributed by atoms with E-state index < -0.39 is 0 Å². The molecule has 4 heterocycles. The van der Waals surface area contributed by atoms with E-state index in [0.29, 0.717) is 5.84 Å². The third-order valence-electron chi connectivity index (χ3n) is 11.3. The van der Waals surface area contributed by atoms with Crippen LogP contribution < -0.4 is 5.32 Å². The Morgan fingerprint density at radius 3 is 1.93 bits per heavy atom. The third kappa shape index (κ3) is 5.08. The molecule has 3 aromatic heterocycles. The molecule has 1 aliphatic rings. The van der Waals surface area contributed by atoms with Crippen molar-refractivity contribution in [1.29, 1.82) is 0 Å². The number of fused-ring (bicyclic) bond motifs is 9. The van der Waals surface area contributed by atoms with Gasteiger partial charge >= 0.3 is 0 Å². The van der Waals surface area contributed by atoms with Crippen LogP contribution in [0, 0.1) is 0 Å². The van der Waals surface area contributed by atoms with Crippen LogP contribution in [0.4, 0.5) is 0 Å². The fraction of sp³-hybridized carbons (Fsp3) is 0.0196. The first-order valence-corrected chi connectivity index (χ1v) is 20.0. The monoisotopic (exact) mass is 748 g/mol. The second-order valence-electron chi connectivity index (χ2n) is 14.6. The van der Waals surface area contributed by atoms with E-state index in [1.165, 1.54) is 47.7 Å². The van der Waals surface area contributed by atoms with Gasteiger partial charge in [-0.1, -0.05) is 133 Å². The summed E-state index contributed by atoms with van der Waals surface area (Å²) in [6, 6.07) is 64.3. The average Bonchev–Trinajstić information content (AvgIpc) is 3.96. The molecule has 1 aliphatic heterocycles. The molecule has 0 amide bonds. The van der Waals surface area contributed by atoms with E-state index in [0.717, 1.165) is 55.6 Å². The van der Waals surface area contributed by atoms with Crippen LogP contribution in [0.1, 0.15) is 22.9 Å². The molecular formula is C51H32N4OS. The summed E-state index contributed by atoms with van der Waals surface area (Å²) in [5.74, 6) is 1.49. The number of furan rings is 1. The molecule has 0 bridgehead atoms. The zero-order chi connectivity index (χ0) is 37.5. The maximum Gasteiger partial charge on any atom is 0.159 e. The third-order valence-corrected chi connectivity index (χ3v) is 12.5. The van der Waals surface area contributed by atoms with Crippen molar-refractivity contribution in [3.8, 4) is 16.8 Å². The van der Waals surface area contributed by atoms with Crippen molar-refractivity contribution in [2.45, 2.75) is 6.17 Å². The number of hydrogen-bond donors (Lipinski definition) is 1. The predicted molar refractivity (Wildman–Crippen MR) is 238 cm³/mol. The summed E-state index contributed by atoms with van der Waals surface area (Å²) in [5, 5.41) is 10.8. The van der Waals surface area contributed by atoms with Crippen molar-refractivity contribution in [1.82, 2.24) is 9.88 Å². The van der Waals surface area contributed by atoms with E-state index in [2.05, 4.69) is 149 Å². The van der Waals surface area contributed by atoms with Crippen molar-refractivity contribution in [2.75, 3.05) is 0 Å². The molecule has 0 spiro atoms. The summed E-state index contributed by atoms with van der Waals surface area (Å²) in [6.07, 6.45) is -0.377.